The van der Waals surface area contributed by atoms with Gasteiger partial charge in [0.15, 0.2) is 11.2 Å². The van der Waals surface area contributed by atoms with E-state index >= 15 is 0 Å². The lowest BCUT2D eigenvalue weighted by molar-refractivity contribution is -0.116. The number of nitrogens with zero attached hydrogens (tertiary/aromatic N) is 6. The van der Waals surface area contributed by atoms with Crippen LogP contribution in [0.1, 0.15) is 18.9 Å². The molecule has 0 bridgehead atoms. The Morgan fingerprint density at radius 1 is 1.28 bits per heavy atom. The SMILES string of the molecule is CCn1nnc2c(SCC(=O)N3CCCc4ccccc43)ncnc21. The number of hydrogen-bond acceptors (Lipinski definition) is 6. The fourth-order valence-electron chi connectivity index (χ4n) is 3.09. The van der Waals surface area contributed by atoms with Gasteiger partial charge >= 0.3 is 0 Å². The Labute approximate surface area is 149 Å². The van der Waals surface area contributed by atoms with Crippen molar-refractivity contribution >= 4 is 34.5 Å². The number of carbonyl (C=O) groups is 1. The van der Waals surface area contributed by atoms with Crippen molar-refractivity contribution in [2.24, 2.45) is 0 Å². The fraction of sp³-hybridized carbons (Fsp3) is 0.353. The van der Waals surface area contributed by atoms with Crippen LogP contribution in [0.2, 0.25) is 0 Å². The first-order chi connectivity index (χ1) is 12.3. The molecule has 1 aromatic carbocycles. The quantitative estimate of drug-likeness (QED) is 0.529. The number of carbonyl (C=O) groups excluding carboxylic acids is 1. The van der Waals surface area contributed by atoms with Crippen LogP contribution in [0.15, 0.2) is 35.6 Å². The lowest BCUT2D eigenvalue weighted by atomic mass is 10.0. The summed E-state index contributed by atoms with van der Waals surface area (Å²) in [4.78, 5) is 23.2. The highest BCUT2D eigenvalue weighted by Gasteiger charge is 2.22. The van der Waals surface area contributed by atoms with Crippen LogP contribution in [0.25, 0.3) is 11.2 Å². The molecular weight excluding hydrogens is 336 g/mol. The third-order valence-electron chi connectivity index (χ3n) is 4.31. The molecule has 128 valence electrons. The Morgan fingerprint density at radius 3 is 3.04 bits per heavy atom. The van der Waals surface area contributed by atoms with Crippen molar-refractivity contribution in [3.8, 4) is 0 Å². The molecule has 0 saturated carbocycles. The molecule has 1 aliphatic rings. The standard InChI is InChI=1S/C17H18N6OS/c1-2-23-16-15(20-21-23)17(19-11-18-16)25-10-14(24)22-9-5-7-12-6-3-4-8-13(12)22/h3-4,6,8,11H,2,5,7,9-10H2,1H3. The molecule has 0 fully saturated rings. The van der Waals surface area contributed by atoms with Gasteiger partial charge in [-0.1, -0.05) is 35.2 Å². The normalized spacial score (nSPS) is 13.9. The maximum atomic E-state index is 12.8. The van der Waals surface area contributed by atoms with E-state index in [1.54, 1.807) is 4.68 Å². The van der Waals surface area contributed by atoms with Crippen molar-refractivity contribution in [2.45, 2.75) is 31.3 Å². The van der Waals surface area contributed by atoms with E-state index in [0.29, 0.717) is 28.5 Å². The van der Waals surface area contributed by atoms with Crippen molar-refractivity contribution in [3.05, 3.63) is 36.2 Å². The van der Waals surface area contributed by atoms with Gasteiger partial charge in [-0.05, 0) is 31.4 Å². The molecule has 0 unspecified atom stereocenters. The first kappa shape index (κ1) is 16.0. The molecule has 4 rings (SSSR count). The molecule has 0 radical (unpaired) electrons. The number of hydrogen-bond donors (Lipinski definition) is 0. The van der Waals surface area contributed by atoms with Crippen LogP contribution >= 0.6 is 11.8 Å². The van der Waals surface area contributed by atoms with Gasteiger partial charge < -0.3 is 4.90 Å². The summed E-state index contributed by atoms with van der Waals surface area (Å²) in [5.41, 5.74) is 3.63. The van der Waals surface area contributed by atoms with E-state index in [9.17, 15) is 4.79 Å². The van der Waals surface area contributed by atoms with Gasteiger partial charge in [0.1, 0.15) is 11.4 Å². The second-order valence-corrected chi connectivity index (χ2v) is 6.79. The number of amides is 1. The molecule has 0 atom stereocenters. The predicted molar refractivity (Wildman–Crippen MR) is 96.6 cm³/mol. The van der Waals surface area contributed by atoms with Gasteiger partial charge in [-0.25, -0.2) is 14.6 Å². The number of rotatable bonds is 4. The Bertz CT molecular complexity index is 924. The van der Waals surface area contributed by atoms with E-state index in [2.05, 4.69) is 26.3 Å². The first-order valence-corrected chi connectivity index (χ1v) is 9.31. The average molecular weight is 354 g/mol. The maximum absolute atomic E-state index is 12.8. The van der Waals surface area contributed by atoms with Gasteiger partial charge in [-0.3, -0.25) is 4.79 Å². The lowest BCUT2D eigenvalue weighted by Gasteiger charge is -2.29. The van der Waals surface area contributed by atoms with Crippen molar-refractivity contribution < 1.29 is 4.79 Å². The van der Waals surface area contributed by atoms with E-state index in [0.717, 1.165) is 25.1 Å². The van der Waals surface area contributed by atoms with Gasteiger partial charge in [0.05, 0.1) is 5.75 Å². The van der Waals surface area contributed by atoms with Gasteiger partial charge in [-0.2, -0.15) is 0 Å². The Balaban J connectivity index is 1.53. The third kappa shape index (κ3) is 2.97. The monoisotopic (exact) mass is 354 g/mol. The zero-order valence-corrected chi connectivity index (χ0v) is 14.7. The number of aromatic nitrogens is 5. The van der Waals surface area contributed by atoms with Crippen LogP contribution in [0.3, 0.4) is 0 Å². The summed E-state index contributed by atoms with van der Waals surface area (Å²) in [6, 6.07) is 8.12. The molecule has 3 aromatic rings. The van der Waals surface area contributed by atoms with Crippen molar-refractivity contribution in [3.63, 3.8) is 0 Å². The maximum Gasteiger partial charge on any atom is 0.237 e. The smallest absolute Gasteiger partial charge is 0.237 e. The predicted octanol–water partition coefficient (Wildman–Crippen LogP) is 2.31. The van der Waals surface area contributed by atoms with E-state index in [1.807, 2.05) is 30.0 Å². The van der Waals surface area contributed by atoms with E-state index in [1.165, 1.54) is 23.7 Å². The Hall–Kier alpha value is -2.48. The van der Waals surface area contributed by atoms with E-state index in [4.69, 9.17) is 0 Å². The summed E-state index contributed by atoms with van der Waals surface area (Å²) in [7, 11) is 0. The zero-order chi connectivity index (χ0) is 17.2. The van der Waals surface area contributed by atoms with Crippen molar-refractivity contribution in [2.75, 3.05) is 17.2 Å². The van der Waals surface area contributed by atoms with Crippen molar-refractivity contribution in [1.29, 1.82) is 0 Å². The largest absolute Gasteiger partial charge is 0.311 e. The molecule has 1 aliphatic heterocycles. The molecule has 0 spiro atoms. The van der Waals surface area contributed by atoms with Gasteiger partial charge in [0.25, 0.3) is 0 Å². The number of aryl methyl sites for hydroxylation is 2. The summed E-state index contributed by atoms with van der Waals surface area (Å²) < 4.78 is 1.73. The average Bonchev–Trinajstić information content (AvgIpc) is 3.09. The highest BCUT2D eigenvalue weighted by Crippen LogP contribution is 2.28. The molecule has 1 amide bonds. The molecule has 8 heteroatoms. The minimum Gasteiger partial charge on any atom is -0.311 e. The highest BCUT2D eigenvalue weighted by molar-refractivity contribution is 8.00. The van der Waals surface area contributed by atoms with Gasteiger partial charge in [0, 0.05) is 18.8 Å². The molecule has 25 heavy (non-hydrogen) atoms. The molecule has 0 N–H and O–H groups in total. The van der Waals surface area contributed by atoms with Crippen LogP contribution in [-0.2, 0) is 17.8 Å². The number of fused-ring (bicyclic) bond motifs is 2. The van der Waals surface area contributed by atoms with Crippen LogP contribution in [0.4, 0.5) is 5.69 Å². The minimum atomic E-state index is 0.0896. The summed E-state index contributed by atoms with van der Waals surface area (Å²) in [5.74, 6) is 0.409. The molecular formula is C17H18N6OS. The second-order valence-electron chi connectivity index (χ2n) is 5.82. The summed E-state index contributed by atoms with van der Waals surface area (Å²) in [6.07, 6.45) is 3.52. The van der Waals surface area contributed by atoms with E-state index < -0.39 is 0 Å². The van der Waals surface area contributed by atoms with E-state index in [-0.39, 0.29) is 5.91 Å². The molecule has 7 nitrogen and oxygen atoms in total. The summed E-state index contributed by atoms with van der Waals surface area (Å²) in [6.45, 7) is 3.45. The number of benzene rings is 1. The third-order valence-corrected chi connectivity index (χ3v) is 5.27. The topological polar surface area (TPSA) is 76.8 Å². The second kappa shape index (κ2) is 6.79. The number of thioether (sulfide) groups is 1. The zero-order valence-electron chi connectivity index (χ0n) is 13.9. The number of anilines is 1. The van der Waals surface area contributed by atoms with Gasteiger partial charge in [-0.15, -0.1) is 5.10 Å². The van der Waals surface area contributed by atoms with Crippen LogP contribution in [0.5, 0.6) is 0 Å². The van der Waals surface area contributed by atoms with Crippen LogP contribution in [-0.4, -0.2) is 43.2 Å². The molecule has 3 heterocycles. The van der Waals surface area contributed by atoms with Crippen LogP contribution in [0, 0.1) is 0 Å². The Kier molecular flexibility index (Phi) is 4.35. The van der Waals surface area contributed by atoms with Crippen LogP contribution < -0.4 is 4.90 Å². The highest BCUT2D eigenvalue weighted by atomic mass is 32.2. The fourth-order valence-corrected chi connectivity index (χ4v) is 3.90. The lowest BCUT2D eigenvalue weighted by Crippen LogP contribution is -2.36. The summed E-state index contributed by atoms with van der Waals surface area (Å²) in [5, 5.41) is 8.93. The first-order valence-electron chi connectivity index (χ1n) is 8.33. The number of para-hydroxylation sites is 1. The Morgan fingerprint density at radius 2 is 2.16 bits per heavy atom. The van der Waals surface area contributed by atoms with Crippen molar-refractivity contribution in [1.82, 2.24) is 25.0 Å². The minimum absolute atomic E-state index is 0.0896. The van der Waals surface area contributed by atoms with Gasteiger partial charge in [0.2, 0.25) is 5.91 Å². The molecule has 0 saturated heterocycles. The summed E-state index contributed by atoms with van der Waals surface area (Å²) >= 11 is 1.39. The molecule has 0 aliphatic carbocycles. The molecule has 2 aromatic heterocycles.